The Morgan fingerprint density at radius 2 is 1.87 bits per heavy atom. The fraction of sp³-hybridized carbons (Fsp3) is 0.391. The van der Waals surface area contributed by atoms with Crippen molar-refractivity contribution in [2.45, 2.75) is 12.5 Å². The first-order chi connectivity index (χ1) is 14.5. The van der Waals surface area contributed by atoms with Crippen LogP contribution in [0.5, 0.6) is 5.75 Å². The standard InChI is InChI=1S/C23H33N5O2.HI/c1-24-22(29)19-10-6-8-17(14-19)12-13-26-23(25-2)27-16-21(28(3)4)18-9-7-11-20(15-18)30-5;/h6-11,14-15,21H,12-13,16H2,1-5H3,(H,24,29)(H2,25,26,27);1H. The first-order valence-electron chi connectivity index (χ1n) is 10.0. The van der Waals surface area contributed by atoms with Crippen LogP contribution in [0.2, 0.25) is 0 Å². The topological polar surface area (TPSA) is 78.0 Å². The van der Waals surface area contributed by atoms with Crippen molar-refractivity contribution in [3.05, 3.63) is 65.2 Å². The van der Waals surface area contributed by atoms with Gasteiger partial charge in [0.25, 0.3) is 5.91 Å². The molecule has 1 atom stereocenters. The Morgan fingerprint density at radius 3 is 2.52 bits per heavy atom. The van der Waals surface area contributed by atoms with Crippen LogP contribution in [-0.2, 0) is 6.42 Å². The Bertz CT molecular complexity index is 857. The summed E-state index contributed by atoms with van der Waals surface area (Å²) in [6.45, 7) is 1.41. The molecule has 0 aromatic heterocycles. The smallest absolute Gasteiger partial charge is 0.251 e. The number of hydrogen-bond donors (Lipinski definition) is 3. The van der Waals surface area contributed by atoms with E-state index in [1.807, 2.05) is 36.4 Å². The minimum atomic E-state index is -0.0745. The summed E-state index contributed by atoms with van der Waals surface area (Å²) in [4.78, 5) is 18.3. The van der Waals surface area contributed by atoms with Crippen LogP contribution in [-0.4, -0.2) is 65.2 Å². The molecule has 2 aromatic carbocycles. The van der Waals surface area contributed by atoms with Gasteiger partial charge in [-0.2, -0.15) is 0 Å². The number of halogens is 1. The van der Waals surface area contributed by atoms with Crippen molar-refractivity contribution in [1.29, 1.82) is 0 Å². The number of amides is 1. The molecule has 0 spiro atoms. The van der Waals surface area contributed by atoms with E-state index in [1.165, 1.54) is 5.56 Å². The second-order valence-electron chi connectivity index (χ2n) is 7.17. The second kappa shape index (κ2) is 13.9. The number of carbonyl (C=O) groups excluding carboxylic acids is 1. The highest BCUT2D eigenvalue weighted by Gasteiger charge is 2.15. The summed E-state index contributed by atoms with van der Waals surface area (Å²) in [7, 11) is 9.19. The fourth-order valence-electron chi connectivity index (χ4n) is 3.20. The van der Waals surface area contributed by atoms with E-state index >= 15 is 0 Å². The number of methoxy groups -OCH3 is 1. The van der Waals surface area contributed by atoms with Crippen molar-refractivity contribution in [1.82, 2.24) is 20.9 Å². The van der Waals surface area contributed by atoms with Gasteiger partial charge in [-0.15, -0.1) is 24.0 Å². The number of hydrogen-bond acceptors (Lipinski definition) is 4. The normalized spacial score (nSPS) is 12.0. The maximum Gasteiger partial charge on any atom is 0.251 e. The summed E-state index contributed by atoms with van der Waals surface area (Å²) in [5.41, 5.74) is 2.94. The molecule has 0 bridgehead atoms. The van der Waals surface area contributed by atoms with Gasteiger partial charge in [0.05, 0.1) is 13.2 Å². The molecule has 0 heterocycles. The molecule has 0 radical (unpaired) electrons. The van der Waals surface area contributed by atoms with Crippen LogP contribution in [0.25, 0.3) is 0 Å². The number of carbonyl (C=O) groups is 1. The maximum absolute atomic E-state index is 11.8. The number of nitrogens with one attached hydrogen (secondary N) is 3. The molecule has 0 aliphatic heterocycles. The van der Waals surface area contributed by atoms with Crippen LogP contribution in [0, 0.1) is 0 Å². The summed E-state index contributed by atoms with van der Waals surface area (Å²) < 4.78 is 5.36. The Labute approximate surface area is 202 Å². The highest BCUT2D eigenvalue weighted by molar-refractivity contribution is 14.0. The lowest BCUT2D eigenvalue weighted by Crippen LogP contribution is -2.42. The highest BCUT2D eigenvalue weighted by Crippen LogP contribution is 2.22. The van der Waals surface area contributed by atoms with Gasteiger partial charge in [-0.05, 0) is 55.9 Å². The number of nitrogens with zero attached hydrogens (tertiary/aromatic N) is 2. The molecule has 1 unspecified atom stereocenters. The molecular formula is C23H34IN5O2. The summed E-state index contributed by atoms with van der Waals surface area (Å²) in [6, 6.07) is 15.9. The van der Waals surface area contributed by atoms with E-state index in [0.29, 0.717) is 18.7 Å². The van der Waals surface area contributed by atoms with Crippen molar-refractivity contribution < 1.29 is 9.53 Å². The van der Waals surface area contributed by atoms with Gasteiger partial charge in [0, 0.05) is 32.7 Å². The van der Waals surface area contributed by atoms with Gasteiger partial charge in [-0.1, -0.05) is 24.3 Å². The second-order valence-corrected chi connectivity index (χ2v) is 7.17. The molecule has 31 heavy (non-hydrogen) atoms. The van der Waals surface area contributed by atoms with Crippen molar-refractivity contribution in [3.63, 3.8) is 0 Å². The molecule has 0 saturated carbocycles. The SMILES string of the molecule is CN=C(NCCc1cccc(C(=O)NC)c1)NCC(c1cccc(OC)c1)N(C)C.I. The molecule has 170 valence electrons. The van der Waals surface area contributed by atoms with Gasteiger partial charge in [-0.3, -0.25) is 9.79 Å². The Balaban J connectivity index is 0.00000480. The van der Waals surface area contributed by atoms with Gasteiger partial charge in [0.2, 0.25) is 0 Å². The van der Waals surface area contributed by atoms with E-state index in [4.69, 9.17) is 4.74 Å². The summed E-state index contributed by atoms with van der Waals surface area (Å²) in [5.74, 6) is 1.52. The third kappa shape index (κ3) is 8.37. The summed E-state index contributed by atoms with van der Waals surface area (Å²) in [6.07, 6.45) is 0.790. The summed E-state index contributed by atoms with van der Waals surface area (Å²) >= 11 is 0. The third-order valence-corrected chi connectivity index (χ3v) is 4.91. The molecule has 2 rings (SSSR count). The predicted octanol–water partition coefficient (Wildman–Crippen LogP) is 2.68. The predicted molar refractivity (Wildman–Crippen MR) is 138 cm³/mol. The zero-order valence-electron chi connectivity index (χ0n) is 18.9. The minimum Gasteiger partial charge on any atom is -0.497 e. The lowest BCUT2D eigenvalue weighted by atomic mass is 10.1. The Morgan fingerprint density at radius 1 is 1.13 bits per heavy atom. The number of aliphatic imine (C=N–C) groups is 1. The van der Waals surface area contributed by atoms with Crippen LogP contribution < -0.4 is 20.7 Å². The van der Waals surface area contributed by atoms with E-state index in [9.17, 15) is 4.79 Å². The molecule has 0 aliphatic carbocycles. The lowest BCUT2D eigenvalue weighted by Gasteiger charge is -2.26. The Kier molecular flexibility index (Phi) is 11.9. The molecule has 8 heteroatoms. The van der Waals surface area contributed by atoms with Crippen LogP contribution in [0.1, 0.15) is 27.5 Å². The molecule has 0 saturated heterocycles. The number of ether oxygens (including phenoxy) is 1. The first kappa shape index (κ1) is 26.7. The number of benzene rings is 2. The lowest BCUT2D eigenvalue weighted by molar-refractivity contribution is 0.0963. The quantitative estimate of drug-likeness (QED) is 0.260. The molecule has 2 aromatic rings. The summed E-state index contributed by atoms with van der Waals surface area (Å²) in [5, 5.41) is 9.40. The van der Waals surface area contributed by atoms with Gasteiger partial charge >= 0.3 is 0 Å². The first-order valence-corrected chi connectivity index (χ1v) is 10.0. The average Bonchev–Trinajstić information content (AvgIpc) is 2.77. The monoisotopic (exact) mass is 539 g/mol. The van der Waals surface area contributed by atoms with Crippen molar-refractivity contribution >= 4 is 35.8 Å². The van der Waals surface area contributed by atoms with E-state index in [0.717, 1.165) is 23.7 Å². The number of likely N-dealkylation sites (N-methyl/N-ethyl adjacent to an activating group) is 1. The molecule has 7 nitrogen and oxygen atoms in total. The molecule has 0 aliphatic rings. The van der Waals surface area contributed by atoms with E-state index in [2.05, 4.69) is 52.1 Å². The Hall–Kier alpha value is -2.33. The van der Waals surface area contributed by atoms with Crippen LogP contribution in [0.4, 0.5) is 0 Å². The molecule has 0 fully saturated rings. The zero-order chi connectivity index (χ0) is 21.9. The average molecular weight is 539 g/mol. The van der Waals surface area contributed by atoms with E-state index in [-0.39, 0.29) is 35.9 Å². The van der Waals surface area contributed by atoms with Gasteiger partial charge < -0.3 is 25.6 Å². The third-order valence-electron chi connectivity index (χ3n) is 4.91. The van der Waals surface area contributed by atoms with Crippen molar-refractivity contribution in [2.24, 2.45) is 4.99 Å². The van der Waals surface area contributed by atoms with E-state index in [1.54, 1.807) is 21.2 Å². The molecule has 3 N–H and O–H groups in total. The van der Waals surface area contributed by atoms with Crippen LogP contribution >= 0.6 is 24.0 Å². The number of guanidine groups is 1. The zero-order valence-corrected chi connectivity index (χ0v) is 21.3. The van der Waals surface area contributed by atoms with Crippen molar-refractivity contribution in [2.75, 3.05) is 48.4 Å². The maximum atomic E-state index is 11.8. The van der Waals surface area contributed by atoms with E-state index < -0.39 is 0 Å². The largest absolute Gasteiger partial charge is 0.497 e. The van der Waals surface area contributed by atoms with Crippen LogP contribution in [0.3, 0.4) is 0 Å². The minimum absolute atomic E-state index is 0. The van der Waals surface area contributed by atoms with Crippen LogP contribution in [0.15, 0.2) is 53.5 Å². The van der Waals surface area contributed by atoms with Gasteiger partial charge in [0.1, 0.15) is 5.75 Å². The number of rotatable bonds is 9. The molecular weight excluding hydrogens is 505 g/mol. The van der Waals surface area contributed by atoms with Crippen molar-refractivity contribution in [3.8, 4) is 5.75 Å². The highest BCUT2D eigenvalue weighted by atomic mass is 127. The molecule has 1 amide bonds. The van der Waals surface area contributed by atoms with Gasteiger partial charge in [0.15, 0.2) is 5.96 Å². The fourth-order valence-corrected chi connectivity index (χ4v) is 3.20. The van der Waals surface area contributed by atoms with Gasteiger partial charge in [-0.25, -0.2) is 0 Å².